The standard InChI is InChI=1S/C14H27N5/c1-12-6-5-7-14(8-12,18(2)3)11-15-9-13-10-16-17-19(13)4/h10,12,15H,5-9,11H2,1-4H3. The van der Waals surface area contributed by atoms with Gasteiger partial charge in [-0.3, -0.25) is 4.68 Å². The highest BCUT2D eigenvalue weighted by Gasteiger charge is 2.36. The molecule has 1 aliphatic rings. The largest absolute Gasteiger partial charge is 0.309 e. The lowest BCUT2D eigenvalue weighted by atomic mass is 9.75. The summed E-state index contributed by atoms with van der Waals surface area (Å²) in [5, 5.41) is 11.5. The Morgan fingerprint density at radius 3 is 2.89 bits per heavy atom. The van der Waals surface area contributed by atoms with E-state index in [2.05, 4.69) is 41.5 Å². The highest BCUT2D eigenvalue weighted by atomic mass is 15.4. The Balaban J connectivity index is 1.92. The van der Waals surface area contributed by atoms with E-state index in [0.29, 0.717) is 5.54 Å². The van der Waals surface area contributed by atoms with Crippen LogP contribution in [0.3, 0.4) is 0 Å². The van der Waals surface area contributed by atoms with Gasteiger partial charge >= 0.3 is 0 Å². The molecule has 0 aliphatic heterocycles. The number of nitrogens with zero attached hydrogens (tertiary/aromatic N) is 4. The highest BCUT2D eigenvalue weighted by molar-refractivity contribution is 4.97. The van der Waals surface area contributed by atoms with Crippen LogP contribution >= 0.6 is 0 Å². The normalized spacial score (nSPS) is 27.9. The van der Waals surface area contributed by atoms with Crippen molar-refractivity contribution in [2.75, 3.05) is 20.6 Å². The number of rotatable bonds is 5. The molecule has 2 rings (SSSR count). The molecule has 5 heteroatoms. The Bertz CT molecular complexity index is 400. The average Bonchev–Trinajstić information content (AvgIpc) is 2.75. The van der Waals surface area contributed by atoms with Gasteiger partial charge in [0.25, 0.3) is 0 Å². The van der Waals surface area contributed by atoms with Gasteiger partial charge in [0, 0.05) is 25.7 Å². The lowest BCUT2D eigenvalue weighted by Gasteiger charge is -2.45. The molecule has 2 unspecified atom stereocenters. The molecule has 1 aromatic rings. The van der Waals surface area contributed by atoms with Crippen LogP contribution in [0.5, 0.6) is 0 Å². The van der Waals surface area contributed by atoms with Crippen molar-refractivity contribution in [3.63, 3.8) is 0 Å². The summed E-state index contributed by atoms with van der Waals surface area (Å²) in [6.07, 6.45) is 7.13. The van der Waals surface area contributed by atoms with E-state index in [1.54, 1.807) is 0 Å². The molecule has 1 fully saturated rings. The molecule has 0 radical (unpaired) electrons. The number of nitrogens with one attached hydrogen (secondary N) is 1. The minimum Gasteiger partial charge on any atom is -0.309 e. The second kappa shape index (κ2) is 6.01. The molecule has 0 aromatic carbocycles. The molecule has 2 atom stereocenters. The summed E-state index contributed by atoms with van der Waals surface area (Å²) >= 11 is 0. The van der Waals surface area contributed by atoms with E-state index in [1.807, 2.05) is 17.9 Å². The van der Waals surface area contributed by atoms with Crippen LogP contribution < -0.4 is 5.32 Å². The molecule has 0 saturated heterocycles. The third-order valence-corrected chi connectivity index (χ3v) is 4.58. The Morgan fingerprint density at radius 1 is 1.53 bits per heavy atom. The maximum Gasteiger partial charge on any atom is 0.0738 e. The molecule has 1 N–H and O–H groups in total. The fraction of sp³-hybridized carbons (Fsp3) is 0.857. The molecule has 1 aliphatic carbocycles. The zero-order valence-corrected chi connectivity index (χ0v) is 12.7. The molecule has 1 heterocycles. The van der Waals surface area contributed by atoms with Crippen molar-refractivity contribution in [1.29, 1.82) is 0 Å². The van der Waals surface area contributed by atoms with E-state index in [0.717, 1.165) is 24.7 Å². The van der Waals surface area contributed by atoms with Gasteiger partial charge in [0.2, 0.25) is 0 Å². The summed E-state index contributed by atoms with van der Waals surface area (Å²) in [5.41, 5.74) is 1.45. The maximum atomic E-state index is 3.96. The lowest BCUT2D eigenvalue weighted by molar-refractivity contribution is 0.0748. The number of hydrogen-bond acceptors (Lipinski definition) is 4. The molecular formula is C14H27N5. The number of likely N-dealkylation sites (N-methyl/N-ethyl adjacent to an activating group) is 1. The monoisotopic (exact) mass is 265 g/mol. The van der Waals surface area contributed by atoms with Gasteiger partial charge in [-0.05, 0) is 32.9 Å². The summed E-state index contributed by atoms with van der Waals surface area (Å²) in [6.45, 7) is 4.26. The van der Waals surface area contributed by atoms with Crippen molar-refractivity contribution in [2.24, 2.45) is 13.0 Å². The first-order valence-electron chi connectivity index (χ1n) is 7.25. The van der Waals surface area contributed by atoms with Crippen LogP contribution in [0.1, 0.15) is 38.3 Å². The smallest absolute Gasteiger partial charge is 0.0738 e. The van der Waals surface area contributed by atoms with E-state index in [1.165, 1.54) is 25.7 Å². The molecule has 19 heavy (non-hydrogen) atoms. The topological polar surface area (TPSA) is 46.0 Å². The van der Waals surface area contributed by atoms with Crippen molar-refractivity contribution in [3.8, 4) is 0 Å². The molecule has 0 spiro atoms. The first kappa shape index (κ1) is 14.5. The second-order valence-electron chi connectivity index (χ2n) is 6.27. The number of aryl methyl sites for hydroxylation is 1. The maximum absolute atomic E-state index is 3.96. The van der Waals surface area contributed by atoms with Gasteiger partial charge in [0.05, 0.1) is 11.9 Å². The Kier molecular flexibility index (Phi) is 4.58. The zero-order valence-electron chi connectivity index (χ0n) is 12.7. The van der Waals surface area contributed by atoms with Gasteiger partial charge in [-0.25, -0.2) is 0 Å². The SMILES string of the molecule is CC1CCCC(CNCc2cnnn2C)(N(C)C)C1. The predicted molar refractivity (Wildman–Crippen MR) is 76.8 cm³/mol. The van der Waals surface area contributed by atoms with Crippen LogP contribution in [0.25, 0.3) is 0 Å². The molecule has 0 bridgehead atoms. The fourth-order valence-electron chi connectivity index (χ4n) is 3.25. The number of aromatic nitrogens is 3. The van der Waals surface area contributed by atoms with Crippen molar-refractivity contribution in [2.45, 2.75) is 44.7 Å². The first-order chi connectivity index (χ1) is 9.03. The van der Waals surface area contributed by atoms with E-state index in [4.69, 9.17) is 0 Å². The first-order valence-corrected chi connectivity index (χ1v) is 7.25. The summed E-state index contributed by atoms with van der Waals surface area (Å²) in [5.74, 6) is 0.830. The van der Waals surface area contributed by atoms with Crippen LogP contribution in [0, 0.1) is 5.92 Å². The Morgan fingerprint density at radius 2 is 2.32 bits per heavy atom. The third-order valence-electron chi connectivity index (χ3n) is 4.58. The van der Waals surface area contributed by atoms with Crippen molar-refractivity contribution in [3.05, 3.63) is 11.9 Å². The minimum absolute atomic E-state index is 0.309. The van der Waals surface area contributed by atoms with Crippen molar-refractivity contribution < 1.29 is 0 Å². The van der Waals surface area contributed by atoms with Gasteiger partial charge in [-0.15, -0.1) is 5.10 Å². The third kappa shape index (κ3) is 3.34. The minimum atomic E-state index is 0.309. The van der Waals surface area contributed by atoms with Crippen molar-refractivity contribution in [1.82, 2.24) is 25.2 Å². The van der Waals surface area contributed by atoms with Crippen molar-refractivity contribution >= 4 is 0 Å². The summed E-state index contributed by atoms with van der Waals surface area (Å²) in [6, 6.07) is 0. The van der Waals surface area contributed by atoms with Gasteiger partial charge in [-0.2, -0.15) is 0 Å². The summed E-state index contributed by atoms with van der Waals surface area (Å²) < 4.78 is 1.83. The van der Waals surface area contributed by atoms with Crippen LogP contribution in [-0.2, 0) is 13.6 Å². The van der Waals surface area contributed by atoms with Crippen LogP contribution in [0.2, 0.25) is 0 Å². The quantitative estimate of drug-likeness (QED) is 0.874. The Labute approximate surface area is 116 Å². The van der Waals surface area contributed by atoms with E-state index >= 15 is 0 Å². The highest BCUT2D eigenvalue weighted by Crippen LogP contribution is 2.35. The molecule has 5 nitrogen and oxygen atoms in total. The molecule has 1 saturated carbocycles. The molecule has 1 aromatic heterocycles. The molecule has 108 valence electrons. The molecule has 0 amide bonds. The predicted octanol–water partition coefficient (Wildman–Crippen LogP) is 1.42. The second-order valence-corrected chi connectivity index (χ2v) is 6.27. The van der Waals surface area contributed by atoms with E-state index < -0.39 is 0 Å². The van der Waals surface area contributed by atoms with E-state index in [-0.39, 0.29) is 0 Å². The lowest BCUT2D eigenvalue weighted by Crippen LogP contribution is -2.54. The van der Waals surface area contributed by atoms with Gasteiger partial charge in [0.1, 0.15) is 0 Å². The van der Waals surface area contributed by atoms with Crippen LogP contribution in [0.4, 0.5) is 0 Å². The van der Waals surface area contributed by atoms with Gasteiger partial charge in [0.15, 0.2) is 0 Å². The van der Waals surface area contributed by atoms with Gasteiger partial charge in [-0.1, -0.05) is 25.0 Å². The average molecular weight is 265 g/mol. The van der Waals surface area contributed by atoms with Gasteiger partial charge < -0.3 is 10.2 Å². The fourth-order valence-corrected chi connectivity index (χ4v) is 3.25. The van der Waals surface area contributed by atoms with E-state index in [9.17, 15) is 0 Å². The zero-order chi connectivity index (χ0) is 13.9. The summed E-state index contributed by atoms with van der Waals surface area (Å²) in [4.78, 5) is 2.41. The number of hydrogen-bond donors (Lipinski definition) is 1. The summed E-state index contributed by atoms with van der Waals surface area (Å²) in [7, 11) is 6.37. The molecular weight excluding hydrogens is 238 g/mol. The Hall–Kier alpha value is -0.940. The van der Waals surface area contributed by atoms with Crippen LogP contribution in [-0.4, -0.2) is 46.1 Å². The van der Waals surface area contributed by atoms with Crippen LogP contribution in [0.15, 0.2) is 6.20 Å².